The molecule has 0 spiro atoms. The first-order valence-electron chi connectivity index (χ1n) is 8.25. The van der Waals surface area contributed by atoms with Crippen molar-refractivity contribution in [2.45, 2.75) is 26.3 Å². The molecule has 3 rings (SSSR count). The van der Waals surface area contributed by atoms with Gasteiger partial charge in [0.2, 0.25) is 0 Å². The van der Waals surface area contributed by atoms with E-state index in [1.165, 1.54) is 0 Å². The second kappa shape index (κ2) is 7.92. The predicted molar refractivity (Wildman–Crippen MR) is 93.9 cm³/mol. The van der Waals surface area contributed by atoms with Gasteiger partial charge in [-0.15, -0.1) is 5.10 Å². The van der Waals surface area contributed by atoms with Gasteiger partial charge in [0.05, 0.1) is 37.0 Å². The maximum atomic E-state index is 6.02. The zero-order valence-corrected chi connectivity index (χ0v) is 14.8. The number of hydrogen-bond acceptors (Lipinski definition) is 6. The van der Waals surface area contributed by atoms with Crippen molar-refractivity contribution in [3.63, 3.8) is 0 Å². The molecule has 3 heterocycles. The number of nitrogens with one attached hydrogen (secondary N) is 1. The van der Waals surface area contributed by atoms with Crippen LogP contribution in [-0.4, -0.2) is 63.8 Å². The SMILES string of the molecule is CC(C)Nc1cc(Cl)ncc1-n1cc(CCN2CCOCC2)nn1. The Morgan fingerprint density at radius 2 is 2.12 bits per heavy atom. The van der Waals surface area contributed by atoms with Gasteiger partial charge < -0.3 is 10.1 Å². The third-order valence-corrected chi connectivity index (χ3v) is 4.08. The van der Waals surface area contributed by atoms with E-state index in [2.05, 4.69) is 39.4 Å². The fourth-order valence-electron chi connectivity index (χ4n) is 2.66. The molecule has 7 nitrogen and oxygen atoms in total. The molecule has 0 bridgehead atoms. The molecule has 2 aromatic rings. The molecule has 0 radical (unpaired) electrons. The first-order chi connectivity index (χ1) is 11.6. The summed E-state index contributed by atoms with van der Waals surface area (Å²) in [7, 11) is 0. The number of ether oxygens (including phenoxy) is 1. The summed E-state index contributed by atoms with van der Waals surface area (Å²) in [6.45, 7) is 8.72. The van der Waals surface area contributed by atoms with Crippen molar-refractivity contribution in [2.75, 3.05) is 38.2 Å². The average molecular weight is 351 g/mol. The fourth-order valence-corrected chi connectivity index (χ4v) is 2.82. The molecule has 130 valence electrons. The molecular formula is C16H23ClN6O. The number of anilines is 1. The molecule has 0 unspecified atom stereocenters. The molecule has 1 N–H and O–H groups in total. The van der Waals surface area contributed by atoms with E-state index in [-0.39, 0.29) is 6.04 Å². The van der Waals surface area contributed by atoms with Crippen molar-refractivity contribution >= 4 is 17.3 Å². The minimum Gasteiger partial charge on any atom is -0.381 e. The summed E-state index contributed by atoms with van der Waals surface area (Å²) in [4.78, 5) is 6.55. The van der Waals surface area contributed by atoms with E-state index in [1.807, 2.05) is 12.3 Å². The van der Waals surface area contributed by atoms with E-state index >= 15 is 0 Å². The summed E-state index contributed by atoms with van der Waals surface area (Å²) in [6.07, 6.45) is 4.54. The molecule has 2 aromatic heterocycles. The lowest BCUT2D eigenvalue weighted by molar-refractivity contribution is 0.0383. The largest absolute Gasteiger partial charge is 0.381 e. The smallest absolute Gasteiger partial charge is 0.131 e. The third kappa shape index (κ3) is 4.43. The number of rotatable bonds is 6. The lowest BCUT2D eigenvalue weighted by Crippen LogP contribution is -2.37. The van der Waals surface area contributed by atoms with Crippen LogP contribution in [0.1, 0.15) is 19.5 Å². The first kappa shape index (κ1) is 17.1. The van der Waals surface area contributed by atoms with Crippen LogP contribution in [0.2, 0.25) is 5.15 Å². The van der Waals surface area contributed by atoms with Crippen molar-refractivity contribution in [1.29, 1.82) is 0 Å². The van der Waals surface area contributed by atoms with Crippen molar-refractivity contribution in [3.8, 4) is 5.69 Å². The number of nitrogens with zero attached hydrogens (tertiary/aromatic N) is 5. The molecule has 1 saturated heterocycles. The highest BCUT2D eigenvalue weighted by Crippen LogP contribution is 2.23. The lowest BCUT2D eigenvalue weighted by Gasteiger charge is -2.25. The second-order valence-corrected chi connectivity index (χ2v) is 6.57. The highest BCUT2D eigenvalue weighted by Gasteiger charge is 2.13. The number of aromatic nitrogens is 4. The summed E-state index contributed by atoms with van der Waals surface area (Å²) in [5.74, 6) is 0. The van der Waals surface area contributed by atoms with E-state index in [0.717, 1.165) is 56.3 Å². The molecular weight excluding hydrogens is 328 g/mol. The van der Waals surface area contributed by atoms with Gasteiger partial charge in [-0.3, -0.25) is 4.90 Å². The Bertz CT molecular complexity index is 668. The zero-order chi connectivity index (χ0) is 16.9. The van der Waals surface area contributed by atoms with Crippen molar-refractivity contribution < 1.29 is 4.74 Å². The Hall–Kier alpha value is -1.70. The summed E-state index contributed by atoms with van der Waals surface area (Å²) in [5.41, 5.74) is 2.71. The minimum absolute atomic E-state index is 0.284. The van der Waals surface area contributed by atoms with Crippen molar-refractivity contribution in [2.24, 2.45) is 0 Å². The molecule has 1 aliphatic heterocycles. The van der Waals surface area contributed by atoms with Gasteiger partial charge in [-0.25, -0.2) is 9.67 Å². The summed E-state index contributed by atoms with van der Waals surface area (Å²) < 4.78 is 7.12. The van der Waals surface area contributed by atoms with E-state index in [1.54, 1.807) is 10.9 Å². The van der Waals surface area contributed by atoms with E-state index in [4.69, 9.17) is 16.3 Å². The minimum atomic E-state index is 0.284. The Morgan fingerprint density at radius 3 is 2.88 bits per heavy atom. The van der Waals surface area contributed by atoms with Gasteiger partial charge in [-0.05, 0) is 13.8 Å². The molecule has 0 aromatic carbocycles. The first-order valence-corrected chi connectivity index (χ1v) is 8.63. The summed E-state index contributed by atoms with van der Waals surface area (Å²) in [5, 5.41) is 12.4. The van der Waals surface area contributed by atoms with Gasteiger partial charge in [0.15, 0.2) is 0 Å². The average Bonchev–Trinajstić information content (AvgIpc) is 3.02. The van der Waals surface area contributed by atoms with Crippen LogP contribution < -0.4 is 5.32 Å². The molecule has 24 heavy (non-hydrogen) atoms. The maximum Gasteiger partial charge on any atom is 0.131 e. The van der Waals surface area contributed by atoms with Crippen LogP contribution in [0, 0.1) is 0 Å². The summed E-state index contributed by atoms with van der Waals surface area (Å²) >= 11 is 6.02. The molecule has 0 atom stereocenters. The van der Waals surface area contributed by atoms with E-state index in [9.17, 15) is 0 Å². The van der Waals surface area contributed by atoms with Gasteiger partial charge in [0.1, 0.15) is 10.8 Å². The van der Waals surface area contributed by atoms with Gasteiger partial charge >= 0.3 is 0 Å². The Labute approximate surface area is 147 Å². The van der Waals surface area contributed by atoms with Crippen molar-refractivity contribution in [3.05, 3.63) is 29.3 Å². The summed E-state index contributed by atoms with van der Waals surface area (Å²) in [6, 6.07) is 2.10. The molecule has 1 aliphatic rings. The van der Waals surface area contributed by atoms with E-state index < -0.39 is 0 Å². The van der Waals surface area contributed by atoms with Gasteiger partial charge in [-0.1, -0.05) is 16.8 Å². The second-order valence-electron chi connectivity index (χ2n) is 6.18. The number of halogens is 1. The molecule has 0 amide bonds. The monoisotopic (exact) mass is 350 g/mol. The van der Waals surface area contributed by atoms with Gasteiger partial charge in [0, 0.05) is 38.2 Å². The van der Waals surface area contributed by atoms with Crippen LogP contribution in [-0.2, 0) is 11.2 Å². The highest BCUT2D eigenvalue weighted by atomic mass is 35.5. The fraction of sp³-hybridized carbons (Fsp3) is 0.562. The molecule has 1 fully saturated rings. The molecule has 0 aliphatic carbocycles. The standard InChI is InChI=1S/C16H23ClN6O/c1-12(2)19-14-9-16(17)18-10-15(14)23-11-13(20-21-23)3-4-22-5-7-24-8-6-22/h9-12H,3-8H2,1-2H3,(H,18,19). The normalized spacial score (nSPS) is 15.8. The molecule has 0 saturated carbocycles. The highest BCUT2D eigenvalue weighted by molar-refractivity contribution is 6.29. The quantitative estimate of drug-likeness (QED) is 0.804. The molecule has 8 heteroatoms. The van der Waals surface area contributed by atoms with Crippen LogP contribution in [0.5, 0.6) is 0 Å². The van der Waals surface area contributed by atoms with Gasteiger partial charge in [0.25, 0.3) is 0 Å². The number of pyridine rings is 1. The zero-order valence-electron chi connectivity index (χ0n) is 14.1. The predicted octanol–water partition coefficient (Wildman–Crippen LogP) is 2.01. The number of morpholine rings is 1. The van der Waals surface area contributed by atoms with Gasteiger partial charge in [-0.2, -0.15) is 0 Å². The van der Waals surface area contributed by atoms with Crippen LogP contribution in [0.15, 0.2) is 18.5 Å². The van der Waals surface area contributed by atoms with Crippen LogP contribution in [0.25, 0.3) is 5.69 Å². The third-order valence-electron chi connectivity index (χ3n) is 3.87. The Kier molecular flexibility index (Phi) is 5.65. The number of hydrogen-bond donors (Lipinski definition) is 1. The Balaban J connectivity index is 1.70. The Morgan fingerprint density at radius 1 is 1.33 bits per heavy atom. The maximum absolute atomic E-state index is 6.02. The van der Waals surface area contributed by atoms with E-state index in [0.29, 0.717) is 5.15 Å². The van der Waals surface area contributed by atoms with Crippen LogP contribution >= 0.6 is 11.6 Å². The van der Waals surface area contributed by atoms with Crippen LogP contribution in [0.4, 0.5) is 5.69 Å². The van der Waals surface area contributed by atoms with Crippen LogP contribution in [0.3, 0.4) is 0 Å². The van der Waals surface area contributed by atoms with Crippen molar-refractivity contribution in [1.82, 2.24) is 24.9 Å². The lowest BCUT2D eigenvalue weighted by atomic mass is 10.3. The topological polar surface area (TPSA) is 68.1 Å².